The van der Waals surface area contributed by atoms with Gasteiger partial charge in [-0.2, -0.15) is 5.10 Å². The van der Waals surface area contributed by atoms with Crippen molar-refractivity contribution in [2.45, 2.75) is 19.8 Å². The second-order valence-electron chi connectivity index (χ2n) is 5.50. The number of urea groups is 1. The van der Waals surface area contributed by atoms with Crippen molar-refractivity contribution in [2.24, 2.45) is 7.05 Å². The van der Waals surface area contributed by atoms with Gasteiger partial charge in [-0.1, -0.05) is 25.1 Å². The van der Waals surface area contributed by atoms with Crippen LogP contribution in [0.4, 0.5) is 10.6 Å². The second-order valence-corrected chi connectivity index (χ2v) is 5.50. The molecule has 8 nitrogen and oxygen atoms in total. The molecule has 0 aliphatic carbocycles. The summed E-state index contributed by atoms with van der Waals surface area (Å²) in [4.78, 5) is 11.9. The molecule has 2 aromatic heterocycles. The molecular formula is C17H20N6O2. The Labute approximate surface area is 145 Å². The summed E-state index contributed by atoms with van der Waals surface area (Å²) in [6.45, 7) is 2.40. The van der Waals surface area contributed by atoms with Gasteiger partial charge in [0.25, 0.3) is 0 Å². The van der Waals surface area contributed by atoms with Gasteiger partial charge in [-0.05, 0) is 18.6 Å². The average molecular weight is 340 g/mol. The standard InChI is InChI=1S/C17H20N6O2/c1-3-13-11-14(23(2)22-13)19-17(24)18-10-9-15-20-21-16(25-15)12-7-5-4-6-8-12/h4-8,11H,3,9-10H2,1-2H3,(H2,18,19,24). The van der Waals surface area contributed by atoms with Gasteiger partial charge in [0.1, 0.15) is 5.82 Å². The van der Waals surface area contributed by atoms with Crippen LogP contribution in [0.3, 0.4) is 0 Å². The molecule has 0 aliphatic heterocycles. The highest BCUT2D eigenvalue weighted by Gasteiger charge is 2.10. The molecule has 2 amide bonds. The molecule has 3 aromatic rings. The van der Waals surface area contributed by atoms with Crippen LogP contribution in [0.1, 0.15) is 18.5 Å². The van der Waals surface area contributed by atoms with E-state index in [1.807, 2.05) is 43.3 Å². The van der Waals surface area contributed by atoms with E-state index in [0.717, 1.165) is 17.7 Å². The maximum atomic E-state index is 11.9. The third-order valence-corrected chi connectivity index (χ3v) is 3.65. The van der Waals surface area contributed by atoms with Crippen molar-refractivity contribution in [2.75, 3.05) is 11.9 Å². The number of rotatable bonds is 6. The zero-order valence-electron chi connectivity index (χ0n) is 14.2. The molecule has 8 heteroatoms. The zero-order valence-corrected chi connectivity index (χ0v) is 14.2. The van der Waals surface area contributed by atoms with Crippen LogP contribution in [0, 0.1) is 0 Å². The van der Waals surface area contributed by atoms with E-state index in [2.05, 4.69) is 25.9 Å². The van der Waals surface area contributed by atoms with Crippen molar-refractivity contribution >= 4 is 11.8 Å². The molecule has 0 unspecified atom stereocenters. The maximum absolute atomic E-state index is 11.9. The van der Waals surface area contributed by atoms with Gasteiger partial charge in [0.15, 0.2) is 0 Å². The summed E-state index contributed by atoms with van der Waals surface area (Å²) in [6, 6.07) is 11.1. The normalized spacial score (nSPS) is 10.6. The number of carbonyl (C=O) groups is 1. The van der Waals surface area contributed by atoms with Crippen molar-refractivity contribution in [3.63, 3.8) is 0 Å². The molecule has 130 valence electrons. The van der Waals surface area contributed by atoms with Crippen LogP contribution in [0.2, 0.25) is 0 Å². The van der Waals surface area contributed by atoms with Crippen LogP contribution in [-0.4, -0.2) is 32.6 Å². The van der Waals surface area contributed by atoms with Gasteiger partial charge in [-0.3, -0.25) is 10.00 Å². The quantitative estimate of drug-likeness (QED) is 0.718. The number of anilines is 1. The van der Waals surface area contributed by atoms with Gasteiger partial charge < -0.3 is 9.73 Å². The van der Waals surface area contributed by atoms with E-state index < -0.39 is 0 Å². The minimum atomic E-state index is -0.298. The molecule has 0 spiro atoms. The first-order valence-corrected chi connectivity index (χ1v) is 8.11. The Balaban J connectivity index is 1.49. The molecule has 0 aliphatic rings. The average Bonchev–Trinajstić information content (AvgIpc) is 3.23. The fourth-order valence-electron chi connectivity index (χ4n) is 2.31. The Morgan fingerprint density at radius 3 is 2.76 bits per heavy atom. The van der Waals surface area contributed by atoms with Gasteiger partial charge in [0.2, 0.25) is 11.8 Å². The molecule has 0 saturated carbocycles. The molecule has 0 atom stereocenters. The lowest BCUT2D eigenvalue weighted by Gasteiger charge is -2.06. The van der Waals surface area contributed by atoms with Crippen molar-refractivity contribution < 1.29 is 9.21 Å². The summed E-state index contributed by atoms with van der Waals surface area (Å²) in [7, 11) is 1.79. The minimum Gasteiger partial charge on any atom is -0.421 e. The lowest BCUT2D eigenvalue weighted by molar-refractivity contribution is 0.252. The molecule has 0 bridgehead atoms. The number of amides is 2. The Bertz CT molecular complexity index is 840. The smallest absolute Gasteiger partial charge is 0.320 e. The Morgan fingerprint density at radius 2 is 2.04 bits per heavy atom. The van der Waals surface area contributed by atoms with Crippen LogP contribution in [0.25, 0.3) is 11.5 Å². The molecule has 1 aromatic carbocycles. The summed E-state index contributed by atoms with van der Waals surface area (Å²) >= 11 is 0. The highest BCUT2D eigenvalue weighted by Crippen LogP contribution is 2.16. The van der Waals surface area contributed by atoms with Gasteiger partial charge in [0.05, 0.1) is 5.69 Å². The predicted molar refractivity (Wildman–Crippen MR) is 93.0 cm³/mol. The maximum Gasteiger partial charge on any atom is 0.320 e. The lowest BCUT2D eigenvalue weighted by Crippen LogP contribution is -2.31. The Hall–Kier alpha value is -3.16. The van der Waals surface area contributed by atoms with Crippen LogP contribution >= 0.6 is 0 Å². The summed E-state index contributed by atoms with van der Waals surface area (Å²) in [5, 5.41) is 17.8. The number of benzene rings is 1. The monoisotopic (exact) mass is 340 g/mol. The van der Waals surface area contributed by atoms with Crippen molar-refractivity contribution in [1.82, 2.24) is 25.3 Å². The SMILES string of the molecule is CCc1cc(NC(=O)NCCc2nnc(-c3ccccc3)o2)n(C)n1. The number of aromatic nitrogens is 4. The number of nitrogens with one attached hydrogen (secondary N) is 2. The largest absolute Gasteiger partial charge is 0.421 e. The van der Waals surface area contributed by atoms with Crippen LogP contribution < -0.4 is 10.6 Å². The highest BCUT2D eigenvalue weighted by atomic mass is 16.4. The topological polar surface area (TPSA) is 97.9 Å². The van der Waals surface area contributed by atoms with E-state index in [-0.39, 0.29) is 6.03 Å². The second kappa shape index (κ2) is 7.61. The lowest BCUT2D eigenvalue weighted by atomic mass is 10.2. The van der Waals surface area contributed by atoms with E-state index in [4.69, 9.17) is 4.42 Å². The molecule has 0 saturated heterocycles. The van der Waals surface area contributed by atoms with Gasteiger partial charge in [-0.15, -0.1) is 10.2 Å². The van der Waals surface area contributed by atoms with Crippen LogP contribution in [0.15, 0.2) is 40.8 Å². The number of hydrogen-bond donors (Lipinski definition) is 2. The molecular weight excluding hydrogens is 320 g/mol. The summed E-state index contributed by atoms with van der Waals surface area (Å²) < 4.78 is 7.24. The molecule has 25 heavy (non-hydrogen) atoms. The molecule has 3 rings (SSSR count). The van der Waals surface area contributed by atoms with Crippen LogP contribution in [-0.2, 0) is 19.9 Å². The predicted octanol–water partition coefficient (Wildman–Crippen LogP) is 2.40. The van der Waals surface area contributed by atoms with Crippen molar-refractivity contribution in [3.05, 3.63) is 48.0 Å². The molecule has 2 N–H and O–H groups in total. The zero-order chi connectivity index (χ0) is 17.6. The Kier molecular flexibility index (Phi) is 5.08. The van der Waals surface area contributed by atoms with Crippen molar-refractivity contribution in [3.8, 4) is 11.5 Å². The molecule has 0 fully saturated rings. The summed E-state index contributed by atoms with van der Waals surface area (Å²) in [5.74, 6) is 1.61. The van der Waals surface area contributed by atoms with Gasteiger partial charge in [0, 0.05) is 31.6 Å². The summed E-state index contributed by atoms with van der Waals surface area (Å²) in [6.07, 6.45) is 1.27. The van der Waals surface area contributed by atoms with Crippen molar-refractivity contribution in [1.29, 1.82) is 0 Å². The van der Waals surface area contributed by atoms with E-state index in [1.165, 1.54) is 0 Å². The fourth-order valence-corrected chi connectivity index (χ4v) is 2.31. The van der Waals surface area contributed by atoms with E-state index >= 15 is 0 Å². The van der Waals surface area contributed by atoms with E-state index in [9.17, 15) is 4.79 Å². The third-order valence-electron chi connectivity index (χ3n) is 3.65. The number of carbonyl (C=O) groups excluding carboxylic acids is 1. The fraction of sp³-hybridized carbons (Fsp3) is 0.294. The van der Waals surface area contributed by atoms with E-state index in [0.29, 0.717) is 30.6 Å². The Morgan fingerprint density at radius 1 is 1.24 bits per heavy atom. The van der Waals surface area contributed by atoms with Crippen LogP contribution in [0.5, 0.6) is 0 Å². The molecule has 2 heterocycles. The number of nitrogens with zero attached hydrogens (tertiary/aromatic N) is 4. The first kappa shape index (κ1) is 16.7. The first-order valence-electron chi connectivity index (χ1n) is 8.11. The minimum absolute atomic E-state index is 0.298. The molecule has 0 radical (unpaired) electrons. The van der Waals surface area contributed by atoms with E-state index in [1.54, 1.807) is 11.7 Å². The number of hydrogen-bond acceptors (Lipinski definition) is 5. The third kappa shape index (κ3) is 4.23. The van der Waals surface area contributed by atoms with Gasteiger partial charge >= 0.3 is 6.03 Å². The first-order chi connectivity index (χ1) is 12.2. The van der Waals surface area contributed by atoms with Gasteiger partial charge in [-0.25, -0.2) is 4.79 Å². The summed E-state index contributed by atoms with van der Waals surface area (Å²) in [5.41, 5.74) is 1.80. The highest BCUT2D eigenvalue weighted by molar-refractivity contribution is 5.88. The number of aryl methyl sites for hydroxylation is 2.